The molecule has 4 rings (SSSR count). The van der Waals surface area contributed by atoms with Crippen LogP contribution in [0.15, 0.2) is 59.6 Å². The lowest BCUT2D eigenvalue weighted by Gasteiger charge is -2.06. The van der Waals surface area contributed by atoms with Crippen molar-refractivity contribution >= 4 is 17.4 Å². The summed E-state index contributed by atoms with van der Waals surface area (Å²) in [5, 5.41) is 2.71. The van der Waals surface area contributed by atoms with Crippen LogP contribution in [0.2, 0.25) is 0 Å². The normalized spacial score (nSPS) is 11.0. The lowest BCUT2D eigenvalue weighted by Crippen LogP contribution is -2.16. The van der Waals surface area contributed by atoms with Crippen LogP contribution in [0, 0.1) is 11.6 Å². The summed E-state index contributed by atoms with van der Waals surface area (Å²) >= 11 is 0. The minimum Gasteiger partial charge on any atom is -0.463 e. The number of hydrogen-bond donors (Lipinski definition) is 1. The van der Waals surface area contributed by atoms with Gasteiger partial charge >= 0.3 is 0 Å². The van der Waals surface area contributed by atoms with Crippen molar-refractivity contribution < 1.29 is 18.0 Å². The molecule has 26 heavy (non-hydrogen) atoms. The minimum absolute atomic E-state index is 0.0967. The van der Waals surface area contributed by atoms with Crippen molar-refractivity contribution in [1.29, 1.82) is 0 Å². The van der Waals surface area contributed by atoms with Crippen LogP contribution in [0.5, 0.6) is 0 Å². The lowest BCUT2D eigenvalue weighted by atomic mass is 10.1. The van der Waals surface area contributed by atoms with E-state index in [0.717, 1.165) is 12.1 Å². The van der Waals surface area contributed by atoms with Crippen LogP contribution in [-0.2, 0) is 11.2 Å². The molecule has 8 heteroatoms. The molecule has 0 saturated carbocycles. The van der Waals surface area contributed by atoms with Gasteiger partial charge in [-0.3, -0.25) is 9.20 Å². The fourth-order valence-electron chi connectivity index (χ4n) is 2.56. The predicted octanol–water partition coefficient (Wildman–Crippen LogP) is 3.45. The van der Waals surface area contributed by atoms with Crippen LogP contribution < -0.4 is 5.32 Å². The fraction of sp³-hybridized carbons (Fsp3) is 0.0556. The highest BCUT2D eigenvalue weighted by atomic mass is 19.2. The molecule has 0 spiro atoms. The van der Waals surface area contributed by atoms with Crippen molar-refractivity contribution in [2.24, 2.45) is 0 Å². The van der Waals surface area contributed by atoms with Crippen LogP contribution in [0.25, 0.3) is 17.1 Å². The van der Waals surface area contributed by atoms with Crippen molar-refractivity contribution in [3.8, 4) is 11.5 Å². The Morgan fingerprint density at radius 3 is 2.81 bits per heavy atom. The average Bonchev–Trinajstić information content (AvgIpc) is 3.28. The average molecular weight is 354 g/mol. The van der Waals surface area contributed by atoms with E-state index in [0.29, 0.717) is 28.5 Å². The highest BCUT2D eigenvalue weighted by Crippen LogP contribution is 2.20. The Kier molecular flexibility index (Phi) is 3.92. The molecule has 0 radical (unpaired) electrons. The number of rotatable bonds is 4. The molecule has 0 aliphatic rings. The quantitative estimate of drug-likeness (QED) is 0.609. The molecule has 3 heterocycles. The number of carbonyl (C=O) groups is 1. The second-order valence-electron chi connectivity index (χ2n) is 5.59. The van der Waals surface area contributed by atoms with Crippen molar-refractivity contribution in [3.05, 3.63) is 72.4 Å². The second-order valence-corrected chi connectivity index (χ2v) is 5.59. The highest BCUT2D eigenvalue weighted by molar-refractivity contribution is 5.91. The number of anilines is 1. The van der Waals surface area contributed by atoms with Gasteiger partial charge in [0.2, 0.25) is 5.91 Å². The van der Waals surface area contributed by atoms with Crippen LogP contribution in [0.1, 0.15) is 5.56 Å². The third kappa shape index (κ3) is 3.04. The van der Waals surface area contributed by atoms with Crippen LogP contribution >= 0.6 is 0 Å². The lowest BCUT2D eigenvalue weighted by molar-refractivity contribution is -0.115. The molecule has 130 valence electrons. The summed E-state index contributed by atoms with van der Waals surface area (Å²) in [5.74, 6) is -1.30. The van der Waals surface area contributed by atoms with E-state index in [9.17, 15) is 13.6 Å². The van der Waals surface area contributed by atoms with Crippen molar-refractivity contribution in [1.82, 2.24) is 14.4 Å². The number of halogens is 2. The molecule has 0 atom stereocenters. The number of nitrogens with one attached hydrogen (secondary N) is 1. The molecular formula is C18H12F2N4O2. The largest absolute Gasteiger partial charge is 0.463 e. The molecule has 4 aromatic rings. The number of furan rings is 1. The predicted molar refractivity (Wildman–Crippen MR) is 89.4 cm³/mol. The molecule has 0 aliphatic heterocycles. The van der Waals surface area contributed by atoms with Gasteiger partial charge in [-0.05, 0) is 29.8 Å². The maximum atomic E-state index is 13.3. The van der Waals surface area contributed by atoms with Crippen LogP contribution in [0.3, 0.4) is 0 Å². The van der Waals surface area contributed by atoms with E-state index in [-0.39, 0.29) is 12.3 Å². The van der Waals surface area contributed by atoms with E-state index < -0.39 is 11.6 Å². The van der Waals surface area contributed by atoms with Gasteiger partial charge in [0.15, 0.2) is 23.0 Å². The maximum absolute atomic E-state index is 13.3. The summed E-state index contributed by atoms with van der Waals surface area (Å²) in [6.07, 6.45) is 6.18. The van der Waals surface area contributed by atoms with Gasteiger partial charge in [0.1, 0.15) is 11.5 Å². The van der Waals surface area contributed by atoms with Gasteiger partial charge in [-0.2, -0.15) is 0 Å². The van der Waals surface area contributed by atoms with E-state index in [1.807, 2.05) is 0 Å². The molecule has 1 aromatic carbocycles. The van der Waals surface area contributed by atoms with Crippen LogP contribution in [-0.4, -0.2) is 20.3 Å². The Balaban J connectivity index is 1.57. The van der Waals surface area contributed by atoms with Gasteiger partial charge in [-0.15, -0.1) is 0 Å². The Morgan fingerprint density at radius 1 is 1.15 bits per heavy atom. The smallest absolute Gasteiger partial charge is 0.229 e. The minimum atomic E-state index is -0.987. The number of carbonyl (C=O) groups excluding carboxylic acids is 1. The van der Waals surface area contributed by atoms with Gasteiger partial charge < -0.3 is 9.73 Å². The van der Waals surface area contributed by atoms with Crippen LogP contribution in [0.4, 0.5) is 14.6 Å². The summed E-state index contributed by atoms with van der Waals surface area (Å²) in [7, 11) is 0. The summed E-state index contributed by atoms with van der Waals surface area (Å²) < 4.78 is 33.2. The van der Waals surface area contributed by atoms with Gasteiger partial charge in [0.25, 0.3) is 0 Å². The molecule has 3 aromatic heterocycles. The number of benzene rings is 1. The molecule has 0 unspecified atom stereocenters. The third-order valence-corrected chi connectivity index (χ3v) is 3.79. The molecule has 0 bridgehead atoms. The standard InChI is InChI=1S/C18H12F2N4O2/c19-12-4-3-11(6-13(12)20)7-18(25)23-17-9-22-16-8-21-14(10-24(16)17)15-2-1-5-26-15/h1-6,8-10H,7H2,(H,23,25). The monoisotopic (exact) mass is 354 g/mol. The summed E-state index contributed by atoms with van der Waals surface area (Å²) in [5.41, 5.74) is 1.49. The van der Waals surface area contributed by atoms with Gasteiger partial charge in [-0.1, -0.05) is 6.07 Å². The molecule has 6 nitrogen and oxygen atoms in total. The zero-order valence-electron chi connectivity index (χ0n) is 13.3. The first-order valence-corrected chi connectivity index (χ1v) is 7.71. The summed E-state index contributed by atoms with van der Waals surface area (Å²) in [6.45, 7) is 0. The molecule has 0 aliphatic carbocycles. The van der Waals surface area contributed by atoms with E-state index in [2.05, 4.69) is 15.3 Å². The number of hydrogen-bond acceptors (Lipinski definition) is 4. The van der Waals surface area contributed by atoms with E-state index in [4.69, 9.17) is 4.42 Å². The van der Waals surface area contributed by atoms with Crippen molar-refractivity contribution in [2.45, 2.75) is 6.42 Å². The first kappa shape index (κ1) is 15.9. The number of amides is 1. The highest BCUT2D eigenvalue weighted by Gasteiger charge is 2.12. The Labute approximate surface area is 146 Å². The summed E-state index contributed by atoms with van der Waals surface area (Å²) in [4.78, 5) is 20.7. The Bertz CT molecular complexity index is 1090. The zero-order valence-corrected chi connectivity index (χ0v) is 13.3. The van der Waals surface area contributed by atoms with E-state index >= 15 is 0 Å². The van der Waals surface area contributed by atoms with Crippen molar-refractivity contribution in [2.75, 3.05) is 5.32 Å². The molecule has 1 N–H and O–H groups in total. The van der Waals surface area contributed by atoms with Gasteiger partial charge in [-0.25, -0.2) is 18.7 Å². The second kappa shape index (κ2) is 6.40. The molecular weight excluding hydrogens is 342 g/mol. The molecule has 0 fully saturated rings. The number of aromatic nitrogens is 3. The van der Waals surface area contributed by atoms with E-state index in [1.165, 1.54) is 12.3 Å². The SMILES string of the molecule is O=C(Cc1ccc(F)c(F)c1)Nc1cnc2cnc(-c3ccco3)cn12. The number of nitrogens with zero attached hydrogens (tertiary/aromatic N) is 3. The maximum Gasteiger partial charge on any atom is 0.229 e. The van der Waals surface area contributed by atoms with Gasteiger partial charge in [0.05, 0.1) is 25.1 Å². The number of fused-ring (bicyclic) bond motifs is 1. The fourth-order valence-corrected chi connectivity index (χ4v) is 2.56. The first-order chi connectivity index (χ1) is 12.6. The molecule has 1 amide bonds. The summed E-state index contributed by atoms with van der Waals surface area (Å²) in [6, 6.07) is 6.88. The third-order valence-electron chi connectivity index (χ3n) is 3.79. The van der Waals surface area contributed by atoms with Crippen molar-refractivity contribution in [3.63, 3.8) is 0 Å². The van der Waals surface area contributed by atoms with Gasteiger partial charge in [0, 0.05) is 6.20 Å². The first-order valence-electron chi connectivity index (χ1n) is 7.71. The number of imidazole rings is 1. The zero-order chi connectivity index (χ0) is 18.1. The van der Waals surface area contributed by atoms with E-state index in [1.54, 1.807) is 35.2 Å². The Hall–Kier alpha value is -3.55. The topological polar surface area (TPSA) is 72.4 Å². The Morgan fingerprint density at radius 2 is 2.04 bits per heavy atom. The molecule has 0 saturated heterocycles.